The van der Waals surface area contributed by atoms with E-state index in [1.165, 1.54) is 38.2 Å². The van der Waals surface area contributed by atoms with Crippen molar-refractivity contribution in [2.75, 3.05) is 49.2 Å². The number of hydrogen-bond acceptors (Lipinski definition) is 4. The molecule has 1 aromatic carbocycles. The molecule has 0 radical (unpaired) electrons. The number of halogens is 1. The number of benzene rings is 1. The molecule has 3 rings (SSSR count). The highest BCUT2D eigenvalue weighted by atomic mass is 32.2. The number of amidine groups is 1. The summed E-state index contributed by atoms with van der Waals surface area (Å²) in [5, 5.41) is 3.71. The third-order valence-corrected chi connectivity index (χ3v) is 6.66. The fourth-order valence-electron chi connectivity index (χ4n) is 3.73. The quantitative estimate of drug-likeness (QED) is 0.435. The van der Waals surface area contributed by atoms with E-state index in [2.05, 4.69) is 27.2 Å². The lowest BCUT2D eigenvalue weighted by molar-refractivity contribution is 0.311. The SMILES string of the molecule is CN1CCN(c2ccc(NC(=S)/N=C(\N)SCC3CCCCC3)cc2F)CC1. The number of hydrogen-bond donors (Lipinski definition) is 2. The van der Waals surface area contributed by atoms with Crippen LogP contribution in [-0.4, -0.2) is 54.2 Å². The highest BCUT2D eigenvalue weighted by Crippen LogP contribution is 2.27. The molecule has 1 aromatic rings. The molecule has 5 nitrogen and oxygen atoms in total. The number of nitrogens with two attached hydrogens (primary N) is 1. The van der Waals surface area contributed by atoms with Gasteiger partial charge in [0.2, 0.25) is 0 Å². The van der Waals surface area contributed by atoms with Gasteiger partial charge in [-0.2, -0.15) is 4.99 Å². The van der Waals surface area contributed by atoms with Gasteiger partial charge < -0.3 is 20.9 Å². The van der Waals surface area contributed by atoms with Gasteiger partial charge in [0.05, 0.1) is 5.69 Å². The van der Waals surface area contributed by atoms with E-state index in [0.717, 1.165) is 37.8 Å². The maximum Gasteiger partial charge on any atom is 0.199 e. The summed E-state index contributed by atoms with van der Waals surface area (Å²) in [4.78, 5) is 8.57. The van der Waals surface area contributed by atoms with Gasteiger partial charge in [0.25, 0.3) is 0 Å². The van der Waals surface area contributed by atoms with Gasteiger partial charge in [0.15, 0.2) is 10.3 Å². The average molecular weight is 424 g/mol. The maximum absolute atomic E-state index is 14.6. The van der Waals surface area contributed by atoms with Gasteiger partial charge >= 0.3 is 0 Å². The summed E-state index contributed by atoms with van der Waals surface area (Å²) in [5.74, 6) is 1.47. The van der Waals surface area contributed by atoms with Crippen LogP contribution in [0, 0.1) is 11.7 Å². The minimum Gasteiger partial charge on any atom is -0.378 e. The second kappa shape index (κ2) is 10.4. The summed E-state index contributed by atoms with van der Waals surface area (Å²) in [7, 11) is 2.08. The number of thiocarbonyl (C=S) groups is 1. The fourth-order valence-corrected chi connectivity index (χ4v) is 4.90. The van der Waals surface area contributed by atoms with Crippen molar-refractivity contribution in [2.24, 2.45) is 16.6 Å². The minimum absolute atomic E-state index is 0.249. The predicted octanol–water partition coefficient (Wildman–Crippen LogP) is 3.90. The number of anilines is 2. The standard InChI is InChI=1S/C20H30FN5S2/c1-25-9-11-26(12-10-25)18-8-7-16(13-17(18)21)23-20(27)24-19(22)28-14-15-5-3-2-4-6-15/h7-8,13,15H,2-6,9-12,14H2,1H3,(H3,22,23,24,27). The van der Waals surface area contributed by atoms with Crippen molar-refractivity contribution >= 4 is 45.6 Å². The minimum atomic E-state index is -0.249. The largest absolute Gasteiger partial charge is 0.378 e. The summed E-state index contributed by atoms with van der Waals surface area (Å²) >= 11 is 6.83. The molecule has 0 aromatic heterocycles. The van der Waals surface area contributed by atoms with Gasteiger partial charge in [-0.05, 0) is 56.2 Å². The monoisotopic (exact) mass is 423 g/mol. The van der Waals surface area contributed by atoms with Crippen molar-refractivity contribution in [3.63, 3.8) is 0 Å². The van der Waals surface area contributed by atoms with Crippen LogP contribution in [0.5, 0.6) is 0 Å². The number of piperazine rings is 1. The summed E-state index contributed by atoms with van der Waals surface area (Å²) in [6.07, 6.45) is 6.54. The van der Waals surface area contributed by atoms with E-state index in [-0.39, 0.29) is 10.9 Å². The van der Waals surface area contributed by atoms with Crippen molar-refractivity contribution in [1.82, 2.24) is 4.90 Å². The Hall–Kier alpha value is -1.38. The van der Waals surface area contributed by atoms with E-state index >= 15 is 0 Å². The van der Waals surface area contributed by atoms with Crippen LogP contribution in [0.15, 0.2) is 23.2 Å². The van der Waals surface area contributed by atoms with E-state index in [0.29, 0.717) is 16.5 Å². The summed E-state index contributed by atoms with van der Waals surface area (Å²) in [6.45, 7) is 3.54. The molecule has 1 saturated heterocycles. The molecule has 8 heteroatoms. The Kier molecular flexibility index (Phi) is 7.93. The average Bonchev–Trinajstić information content (AvgIpc) is 2.68. The summed E-state index contributed by atoms with van der Waals surface area (Å²) < 4.78 is 14.6. The van der Waals surface area contributed by atoms with Gasteiger partial charge in [-0.15, -0.1) is 0 Å². The number of likely N-dealkylation sites (N-methyl/N-ethyl adjacent to an activating group) is 1. The zero-order valence-corrected chi connectivity index (χ0v) is 18.1. The molecule has 1 saturated carbocycles. The zero-order valence-electron chi connectivity index (χ0n) is 16.5. The van der Waals surface area contributed by atoms with Gasteiger partial charge in [-0.1, -0.05) is 31.0 Å². The third-order valence-electron chi connectivity index (χ3n) is 5.45. The van der Waals surface area contributed by atoms with Gasteiger partial charge in [-0.25, -0.2) is 4.39 Å². The number of aliphatic imine (C=N–C) groups is 1. The summed E-state index contributed by atoms with van der Waals surface area (Å²) in [6, 6.07) is 5.11. The van der Waals surface area contributed by atoms with Crippen LogP contribution in [0.4, 0.5) is 15.8 Å². The highest BCUT2D eigenvalue weighted by Gasteiger charge is 2.18. The first-order valence-corrected chi connectivity index (χ1v) is 11.4. The van der Waals surface area contributed by atoms with E-state index in [4.69, 9.17) is 18.0 Å². The molecule has 0 spiro atoms. The molecular weight excluding hydrogens is 393 g/mol. The fraction of sp³-hybridized carbons (Fsp3) is 0.600. The second-order valence-electron chi connectivity index (χ2n) is 7.65. The Morgan fingerprint density at radius 2 is 1.96 bits per heavy atom. The van der Waals surface area contributed by atoms with Crippen LogP contribution < -0.4 is 16.0 Å². The van der Waals surface area contributed by atoms with Crippen molar-refractivity contribution in [1.29, 1.82) is 0 Å². The molecule has 1 aliphatic heterocycles. The van der Waals surface area contributed by atoms with Gasteiger partial charge in [-0.3, -0.25) is 0 Å². The van der Waals surface area contributed by atoms with Gasteiger partial charge in [0.1, 0.15) is 5.82 Å². The van der Waals surface area contributed by atoms with Crippen LogP contribution >= 0.6 is 24.0 Å². The first-order valence-electron chi connectivity index (χ1n) is 10.0. The van der Waals surface area contributed by atoms with E-state index in [1.54, 1.807) is 17.8 Å². The Morgan fingerprint density at radius 1 is 1.25 bits per heavy atom. The van der Waals surface area contributed by atoms with E-state index in [9.17, 15) is 4.39 Å². The lowest BCUT2D eigenvalue weighted by Crippen LogP contribution is -2.44. The molecule has 1 aliphatic carbocycles. The Balaban J connectivity index is 1.51. The van der Waals surface area contributed by atoms with Crippen LogP contribution in [0.1, 0.15) is 32.1 Å². The highest BCUT2D eigenvalue weighted by molar-refractivity contribution is 8.13. The zero-order chi connectivity index (χ0) is 19.9. The first kappa shape index (κ1) is 21.3. The van der Waals surface area contributed by atoms with Crippen LogP contribution in [-0.2, 0) is 0 Å². The molecule has 0 unspecified atom stereocenters. The lowest BCUT2D eigenvalue weighted by Gasteiger charge is -2.34. The lowest BCUT2D eigenvalue weighted by atomic mass is 9.91. The van der Waals surface area contributed by atoms with Gasteiger partial charge in [0, 0.05) is 37.6 Å². The number of rotatable bonds is 4. The molecule has 2 fully saturated rings. The molecule has 1 heterocycles. The smallest absolute Gasteiger partial charge is 0.199 e. The Bertz CT molecular complexity index is 698. The molecule has 0 bridgehead atoms. The normalized spacial score (nSPS) is 19.6. The second-order valence-corrected chi connectivity index (χ2v) is 9.08. The van der Waals surface area contributed by atoms with Crippen LogP contribution in [0.3, 0.4) is 0 Å². The molecule has 2 aliphatic rings. The molecular formula is C20H30FN5S2. The van der Waals surface area contributed by atoms with Crippen LogP contribution in [0.25, 0.3) is 0 Å². The van der Waals surface area contributed by atoms with Crippen LogP contribution in [0.2, 0.25) is 0 Å². The van der Waals surface area contributed by atoms with E-state index < -0.39 is 0 Å². The van der Waals surface area contributed by atoms with Crippen molar-refractivity contribution in [3.05, 3.63) is 24.0 Å². The first-order chi connectivity index (χ1) is 13.5. The topological polar surface area (TPSA) is 56.9 Å². The summed E-state index contributed by atoms with van der Waals surface area (Å²) in [5.41, 5.74) is 7.24. The molecule has 3 N–H and O–H groups in total. The van der Waals surface area contributed by atoms with Crippen molar-refractivity contribution < 1.29 is 4.39 Å². The number of nitrogens with zero attached hydrogens (tertiary/aromatic N) is 3. The van der Waals surface area contributed by atoms with Crippen molar-refractivity contribution in [3.8, 4) is 0 Å². The van der Waals surface area contributed by atoms with E-state index in [1.807, 2.05) is 6.07 Å². The molecule has 28 heavy (non-hydrogen) atoms. The van der Waals surface area contributed by atoms with Crippen molar-refractivity contribution in [2.45, 2.75) is 32.1 Å². The number of nitrogens with one attached hydrogen (secondary N) is 1. The molecule has 154 valence electrons. The Morgan fingerprint density at radius 3 is 2.64 bits per heavy atom. The Labute approximate surface area is 176 Å². The third kappa shape index (κ3) is 6.32. The molecule has 0 amide bonds. The maximum atomic E-state index is 14.6. The number of thioether (sulfide) groups is 1. The molecule has 0 atom stereocenters. The predicted molar refractivity (Wildman–Crippen MR) is 123 cm³/mol.